The number of rotatable bonds is 4. The number of benzene rings is 1. The van der Waals surface area contributed by atoms with Gasteiger partial charge in [-0.3, -0.25) is 11.3 Å². The Balaban J connectivity index is 2.26. The van der Waals surface area contributed by atoms with Crippen LogP contribution in [0.4, 0.5) is 4.39 Å². The van der Waals surface area contributed by atoms with Crippen molar-refractivity contribution >= 4 is 34.5 Å². The summed E-state index contributed by atoms with van der Waals surface area (Å²) in [6, 6.07) is 6.48. The number of hydrazine groups is 1. The maximum absolute atomic E-state index is 13.8. The Bertz CT molecular complexity index is 545. The molecule has 0 aliphatic rings. The van der Waals surface area contributed by atoms with Gasteiger partial charge in [-0.05, 0) is 29.5 Å². The predicted molar refractivity (Wildman–Crippen MR) is 74.5 cm³/mol. The molecule has 0 amide bonds. The molecule has 0 spiro atoms. The second-order valence-corrected chi connectivity index (χ2v) is 5.53. The van der Waals surface area contributed by atoms with Crippen molar-refractivity contribution in [3.05, 3.63) is 55.9 Å². The lowest BCUT2D eigenvalue weighted by Gasteiger charge is -2.15. The van der Waals surface area contributed by atoms with Crippen LogP contribution in [0.15, 0.2) is 29.6 Å². The van der Waals surface area contributed by atoms with Crippen LogP contribution in [0.25, 0.3) is 0 Å². The summed E-state index contributed by atoms with van der Waals surface area (Å²) in [5.74, 6) is 5.10. The molecule has 0 saturated carbocycles. The predicted octanol–water partition coefficient (Wildman–Crippen LogP) is 3.94. The molecule has 2 rings (SSSR count). The Morgan fingerprint density at radius 1 is 1.28 bits per heavy atom. The second kappa shape index (κ2) is 5.99. The molecule has 1 aromatic carbocycles. The van der Waals surface area contributed by atoms with E-state index in [2.05, 4.69) is 5.43 Å². The Labute approximate surface area is 118 Å². The Morgan fingerprint density at radius 3 is 2.67 bits per heavy atom. The average molecular weight is 305 g/mol. The molecule has 1 aromatic heterocycles. The number of thiophene rings is 1. The fourth-order valence-electron chi connectivity index (χ4n) is 1.71. The third kappa shape index (κ3) is 2.84. The highest BCUT2D eigenvalue weighted by Gasteiger charge is 2.18. The van der Waals surface area contributed by atoms with Crippen LogP contribution in [-0.4, -0.2) is 0 Å². The summed E-state index contributed by atoms with van der Waals surface area (Å²) < 4.78 is 13.8. The molecule has 2 aromatic rings. The van der Waals surface area contributed by atoms with Gasteiger partial charge in [0, 0.05) is 4.88 Å². The Hall–Kier alpha value is -0.650. The molecular formula is C12H11Cl2FN2S. The topological polar surface area (TPSA) is 38.0 Å². The number of halogens is 3. The largest absolute Gasteiger partial charge is 0.271 e. The molecule has 1 heterocycles. The standard InChI is InChI=1S/C12H11Cl2FN2S/c13-8-3-1-2-7(11(8)15)6-10(17-16)12-9(14)4-5-18-12/h1-5,10,17H,6,16H2. The highest BCUT2D eigenvalue weighted by Crippen LogP contribution is 2.31. The molecule has 0 aliphatic carbocycles. The first-order chi connectivity index (χ1) is 8.63. The van der Waals surface area contributed by atoms with Crippen LogP contribution < -0.4 is 11.3 Å². The minimum absolute atomic E-state index is 0.112. The van der Waals surface area contributed by atoms with Crippen LogP contribution >= 0.6 is 34.5 Å². The van der Waals surface area contributed by atoms with E-state index in [1.807, 2.05) is 5.38 Å². The van der Waals surface area contributed by atoms with Crippen LogP contribution in [0, 0.1) is 5.82 Å². The molecule has 1 atom stereocenters. The zero-order valence-electron chi connectivity index (χ0n) is 9.29. The van der Waals surface area contributed by atoms with Crippen LogP contribution in [0.3, 0.4) is 0 Å². The van der Waals surface area contributed by atoms with E-state index in [4.69, 9.17) is 29.0 Å². The molecular weight excluding hydrogens is 294 g/mol. The SMILES string of the molecule is NNC(Cc1cccc(Cl)c1F)c1sccc1Cl. The van der Waals surface area contributed by atoms with E-state index in [1.54, 1.807) is 18.2 Å². The van der Waals surface area contributed by atoms with E-state index in [0.29, 0.717) is 17.0 Å². The maximum Gasteiger partial charge on any atom is 0.145 e. The highest BCUT2D eigenvalue weighted by atomic mass is 35.5. The van der Waals surface area contributed by atoms with Gasteiger partial charge < -0.3 is 0 Å². The van der Waals surface area contributed by atoms with Crippen molar-refractivity contribution in [1.82, 2.24) is 5.43 Å². The van der Waals surface area contributed by atoms with Gasteiger partial charge in [-0.2, -0.15) is 0 Å². The highest BCUT2D eigenvalue weighted by molar-refractivity contribution is 7.10. The summed E-state index contributed by atoms with van der Waals surface area (Å²) in [5, 5.41) is 2.61. The van der Waals surface area contributed by atoms with Gasteiger partial charge in [0.2, 0.25) is 0 Å². The summed E-state index contributed by atoms with van der Waals surface area (Å²) in [7, 11) is 0. The molecule has 0 aliphatic heterocycles. The van der Waals surface area contributed by atoms with Crippen molar-refractivity contribution in [3.8, 4) is 0 Å². The second-order valence-electron chi connectivity index (χ2n) is 3.77. The summed E-state index contributed by atoms with van der Waals surface area (Å²) in [6.45, 7) is 0. The molecule has 96 valence electrons. The van der Waals surface area contributed by atoms with Gasteiger partial charge in [0.25, 0.3) is 0 Å². The molecule has 6 heteroatoms. The summed E-state index contributed by atoms with van der Waals surface area (Å²) in [6.07, 6.45) is 0.392. The van der Waals surface area contributed by atoms with E-state index >= 15 is 0 Å². The number of hydrogen-bond acceptors (Lipinski definition) is 3. The molecule has 0 fully saturated rings. The van der Waals surface area contributed by atoms with E-state index in [0.717, 1.165) is 4.88 Å². The molecule has 3 N–H and O–H groups in total. The normalized spacial score (nSPS) is 12.7. The molecule has 1 unspecified atom stereocenters. The van der Waals surface area contributed by atoms with Gasteiger partial charge in [0.1, 0.15) is 5.82 Å². The van der Waals surface area contributed by atoms with Crippen molar-refractivity contribution in [2.45, 2.75) is 12.5 Å². The number of nitrogens with one attached hydrogen (secondary N) is 1. The van der Waals surface area contributed by atoms with E-state index in [1.165, 1.54) is 17.4 Å². The first-order valence-electron chi connectivity index (χ1n) is 5.25. The zero-order valence-corrected chi connectivity index (χ0v) is 11.6. The maximum atomic E-state index is 13.8. The minimum Gasteiger partial charge on any atom is -0.271 e. The van der Waals surface area contributed by atoms with Crippen LogP contribution in [0.1, 0.15) is 16.5 Å². The van der Waals surface area contributed by atoms with Gasteiger partial charge in [-0.1, -0.05) is 35.3 Å². The van der Waals surface area contributed by atoms with Gasteiger partial charge in [0.15, 0.2) is 0 Å². The number of hydrogen-bond donors (Lipinski definition) is 2. The van der Waals surface area contributed by atoms with Crippen molar-refractivity contribution in [2.24, 2.45) is 5.84 Å². The lowest BCUT2D eigenvalue weighted by molar-refractivity contribution is 0.536. The van der Waals surface area contributed by atoms with E-state index in [-0.39, 0.29) is 11.1 Å². The first-order valence-corrected chi connectivity index (χ1v) is 6.89. The van der Waals surface area contributed by atoms with Crippen molar-refractivity contribution in [2.75, 3.05) is 0 Å². The van der Waals surface area contributed by atoms with Crippen LogP contribution in [0.2, 0.25) is 10.0 Å². The molecule has 0 radical (unpaired) electrons. The quantitative estimate of drug-likeness (QED) is 0.663. The molecule has 2 nitrogen and oxygen atoms in total. The lowest BCUT2D eigenvalue weighted by atomic mass is 10.0. The summed E-state index contributed by atoms with van der Waals surface area (Å²) in [4.78, 5) is 0.888. The van der Waals surface area contributed by atoms with Crippen LogP contribution in [0.5, 0.6) is 0 Å². The van der Waals surface area contributed by atoms with Gasteiger partial charge >= 0.3 is 0 Å². The van der Waals surface area contributed by atoms with E-state index < -0.39 is 5.82 Å². The molecule has 0 bridgehead atoms. The Morgan fingerprint density at radius 2 is 2.06 bits per heavy atom. The van der Waals surface area contributed by atoms with Crippen molar-refractivity contribution in [3.63, 3.8) is 0 Å². The molecule has 18 heavy (non-hydrogen) atoms. The third-order valence-corrected chi connectivity index (χ3v) is 4.38. The van der Waals surface area contributed by atoms with Gasteiger partial charge in [0.05, 0.1) is 16.1 Å². The monoisotopic (exact) mass is 304 g/mol. The van der Waals surface area contributed by atoms with Gasteiger partial charge in [-0.15, -0.1) is 11.3 Å². The first kappa shape index (κ1) is 13.8. The third-order valence-electron chi connectivity index (χ3n) is 2.62. The smallest absolute Gasteiger partial charge is 0.145 e. The van der Waals surface area contributed by atoms with Crippen molar-refractivity contribution in [1.29, 1.82) is 0 Å². The summed E-state index contributed by atoms with van der Waals surface area (Å²) in [5.41, 5.74) is 3.17. The number of nitrogens with two attached hydrogens (primary N) is 1. The summed E-state index contributed by atoms with van der Waals surface area (Å²) >= 11 is 13.3. The fraction of sp³-hybridized carbons (Fsp3) is 0.167. The fourth-order valence-corrected chi connectivity index (χ4v) is 3.15. The average Bonchev–Trinajstić information content (AvgIpc) is 2.77. The molecule has 0 saturated heterocycles. The van der Waals surface area contributed by atoms with E-state index in [9.17, 15) is 4.39 Å². The Kier molecular flexibility index (Phi) is 4.59. The van der Waals surface area contributed by atoms with Crippen LogP contribution in [-0.2, 0) is 6.42 Å². The minimum atomic E-state index is -0.410. The van der Waals surface area contributed by atoms with Gasteiger partial charge in [-0.25, -0.2) is 4.39 Å². The lowest BCUT2D eigenvalue weighted by Crippen LogP contribution is -2.29. The van der Waals surface area contributed by atoms with Crippen molar-refractivity contribution < 1.29 is 4.39 Å². The zero-order chi connectivity index (χ0) is 13.1.